The molecule has 2 atom stereocenters. The van der Waals surface area contributed by atoms with Crippen LogP contribution in [0.15, 0.2) is 48.2 Å². The summed E-state index contributed by atoms with van der Waals surface area (Å²) >= 11 is 13.1. The third-order valence-corrected chi connectivity index (χ3v) is 8.44. The van der Waals surface area contributed by atoms with Crippen LogP contribution in [0.1, 0.15) is 49.0 Å². The number of halogens is 2. The predicted molar refractivity (Wildman–Crippen MR) is 144 cm³/mol. The number of hydrogen-bond donors (Lipinski definition) is 2. The van der Waals surface area contributed by atoms with Crippen LogP contribution in [0.2, 0.25) is 0 Å². The smallest absolute Gasteiger partial charge is 0.306 e. The maximum absolute atomic E-state index is 11.2. The highest BCUT2D eigenvalue weighted by Crippen LogP contribution is 2.38. The molecule has 0 amide bonds. The highest BCUT2D eigenvalue weighted by atomic mass is 35.5. The maximum Gasteiger partial charge on any atom is 0.306 e. The maximum atomic E-state index is 11.2. The second-order valence-electron chi connectivity index (χ2n) is 10.0. The van der Waals surface area contributed by atoms with Gasteiger partial charge in [-0.2, -0.15) is 5.10 Å². The molecule has 2 aromatic carbocycles. The Morgan fingerprint density at radius 3 is 2.78 bits per heavy atom. The van der Waals surface area contributed by atoms with Crippen molar-refractivity contribution >= 4 is 45.1 Å². The zero-order valence-electron chi connectivity index (χ0n) is 20.3. The fourth-order valence-electron chi connectivity index (χ4n) is 5.28. The van der Waals surface area contributed by atoms with Crippen LogP contribution >= 0.6 is 23.2 Å². The number of carboxylic acids is 1. The van der Waals surface area contributed by atoms with Crippen LogP contribution in [0, 0.1) is 11.8 Å². The van der Waals surface area contributed by atoms with Gasteiger partial charge in [0.25, 0.3) is 0 Å². The van der Waals surface area contributed by atoms with E-state index in [4.69, 9.17) is 27.9 Å². The second-order valence-corrected chi connectivity index (χ2v) is 10.7. The molecule has 2 unspecified atom stereocenters. The summed E-state index contributed by atoms with van der Waals surface area (Å²) in [6, 6.07) is 12.4. The molecule has 190 valence electrons. The zero-order chi connectivity index (χ0) is 25.2. The third-order valence-electron chi connectivity index (χ3n) is 7.49. The van der Waals surface area contributed by atoms with E-state index in [1.165, 1.54) is 11.1 Å². The van der Waals surface area contributed by atoms with Gasteiger partial charge in [0.1, 0.15) is 11.9 Å². The minimum absolute atomic E-state index is 0.118. The van der Waals surface area contributed by atoms with Crippen molar-refractivity contribution in [3.8, 4) is 5.75 Å². The molecular formula is C28H31Cl2N3O3. The summed E-state index contributed by atoms with van der Waals surface area (Å²) in [6.45, 7) is 4.50. The topological polar surface area (TPSA) is 78.5 Å². The minimum Gasteiger partial charge on any atom is -0.485 e. The number of H-pyrrole nitrogens is 1. The summed E-state index contributed by atoms with van der Waals surface area (Å²) in [4.78, 5) is 13.6. The number of nitrogens with one attached hydrogen (secondary N) is 1. The molecule has 6 nitrogen and oxygen atoms in total. The molecule has 0 radical (unpaired) electrons. The number of carboxylic acid groups (broad SMARTS) is 1. The number of carbonyl (C=O) groups is 1. The van der Waals surface area contributed by atoms with Crippen LogP contribution in [0.3, 0.4) is 0 Å². The predicted octanol–water partition coefficient (Wildman–Crippen LogP) is 6.25. The normalized spacial score (nSPS) is 18.8. The van der Waals surface area contributed by atoms with Crippen LogP contribution < -0.4 is 4.74 Å². The van der Waals surface area contributed by atoms with Crippen molar-refractivity contribution in [1.29, 1.82) is 0 Å². The molecule has 8 heteroatoms. The first-order chi connectivity index (χ1) is 17.4. The number of aromatic amines is 1. The van der Waals surface area contributed by atoms with E-state index in [0.717, 1.165) is 65.3 Å². The highest BCUT2D eigenvalue weighted by molar-refractivity contribution is 6.49. The van der Waals surface area contributed by atoms with Crippen molar-refractivity contribution in [1.82, 2.24) is 15.1 Å². The lowest BCUT2D eigenvalue weighted by Crippen LogP contribution is -2.37. The van der Waals surface area contributed by atoms with Gasteiger partial charge in [-0.1, -0.05) is 24.6 Å². The van der Waals surface area contributed by atoms with Crippen LogP contribution in [0.4, 0.5) is 0 Å². The molecule has 3 aromatic rings. The first kappa shape index (κ1) is 25.1. The lowest BCUT2D eigenvalue weighted by Gasteiger charge is -2.32. The van der Waals surface area contributed by atoms with Crippen molar-refractivity contribution in [2.75, 3.05) is 25.5 Å². The quantitative estimate of drug-likeness (QED) is 0.338. The monoisotopic (exact) mass is 527 g/mol. The number of hydrogen-bond acceptors (Lipinski definition) is 4. The number of nitrogens with zero attached hydrogens (tertiary/aromatic N) is 2. The van der Waals surface area contributed by atoms with Crippen LogP contribution in [0.25, 0.3) is 15.9 Å². The molecule has 0 bridgehead atoms. The van der Waals surface area contributed by atoms with Crippen molar-refractivity contribution in [3.63, 3.8) is 0 Å². The van der Waals surface area contributed by atoms with Crippen LogP contribution in [-0.4, -0.2) is 51.7 Å². The van der Waals surface area contributed by atoms with Gasteiger partial charge in [-0.3, -0.25) is 14.8 Å². The molecule has 1 aromatic heterocycles. The van der Waals surface area contributed by atoms with Crippen molar-refractivity contribution in [3.05, 3.63) is 64.9 Å². The van der Waals surface area contributed by atoms with E-state index >= 15 is 0 Å². The number of rotatable bonds is 8. The number of aliphatic carboxylic acids is 1. The van der Waals surface area contributed by atoms with E-state index in [0.29, 0.717) is 18.7 Å². The molecular weight excluding hydrogens is 497 g/mol. The van der Waals surface area contributed by atoms with Gasteiger partial charge in [0.05, 0.1) is 17.6 Å². The SMILES string of the molecule is CC(CCl)C(Oc1ccc2c(c1)CCC(CN1CCC(C(=O)O)CC1)=C2Cl)c1ccc2[nH]ncc2c1. The Morgan fingerprint density at radius 2 is 2.03 bits per heavy atom. The molecule has 5 rings (SSSR count). The molecule has 2 heterocycles. The van der Waals surface area contributed by atoms with Crippen LogP contribution in [0.5, 0.6) is 5.75 Å². The molecule has 36 heavy (non-hydrogen) atoms. The first-order valence-corrected chi connectivity index (χ1v) is 13.5. The number of aromatic nitrogens is 2. The van der Waals surface area contributed by atoms with E-state index in [1.54, 1.807) is 0 Å². The Balaban J connectivity index is 1.32. The van der Waals surface area contributed by atoms with Gasteiger partial charge < -0.3 is 9.84 Å². The fraction of sp³-hybridized carbons (Fsp3) is 0.429. The van der Waals surface area contributed by atoms with Gasteiger partial charge in [0.2, 0.25) is 0 Å². The Labute approximate surface area is 221 Å². The molecule has 2 N–H and O–H groups in total. The van der Waals surface area contributed by atoms with E-state index in [2.05, 4.69) is 46.3 Å². The van der Waals surface area contributed by atoms with Crippen molar-refractivity contribution in [2.45, 2.75) is 38.7 Å². The van der Waals surface area contributed by atoms with Crippen molar-refractivity contribution in [2.24, 2.45) is 11.8 Å². The average molecular weight is 528 g/mol. The third kappa shape index (κ3) is 5.26. The summed E-state index contributed by atoms with van der Waals surface area (Å²) in [6.07, 6.45) is 4.84. The highest BCUT2D eigenvalue weighted by Gasteiger charge is 2.27. The number of alkyl halides is 1. The summed E-state index contributed by atoms with van der Waals surface area (Å²) in [5.41, 5.74) is 5.55. The molecule has 0 saturated carbocycles. The largest absolute Gasteiger partial charge is 0.485 e. The lowest BCUT2D eigenvalue weighted by atomic mass is 9.90. The molecule has 1 aliphatic heterocycles. The zero-order valence-corrected chi connectivity index (χ0v) is 21.9. The molecule has 1 fully saturated rings. The van der Waals surface area contributed by atoms with Gasteiger partial charge >= 0.3 is 5.97 Å². The van der Waals surface area contributed by atoms with Gasteiger partial charge in [-0.25, -0.2) is 0 Å². The van der Waals surface area contributed by atoms with Gasteiger partial charge in [-0.15, -0.1) is 11.6 Å². The number of aryl methyl sites for hydroxylation is 1. The van der Waals surface area contributed by atoms with E-state index in [-0.39, 0.29) is 17.9 Å². The Morgan fingerprint density at radius 1 is 1.22 bits per heavy atom. The summed E-state index contributed by atoms with van der Waals surface area (Å²) in [7, 11) is 0. The number of fused-ring (bicyclic) bond motifs is 2. The van der Waals surface area contributed by atoms with E-state index in [1.807, 2.05) is 18.3 Å². The number of likely N-dealkylation sites (tertiary alicyclic amines) is 1. The molecule has 2 aliphatic rings. The van der Waals surface area contributed by atoms with Crippen LogP contribution in [-0.2, 0) is 11.2 Å². The first-order valence-electron chi connectivity index (χ1n) is 12.5. The minimum atomic E-state index is -0.679. The Bertz CT molecular complexity index is 1280. The second kappa shape index (κ2) is 10.8. The van der Waals surface area contributed by atoms with Gasteiger partial charge in [-0.05, 0) is 91.4 Å². The number of ether oxygens (including phenoxy) is 1. The summed E-state index contributed by atoms with van der Waals surface area (Å²) < 4.78 is 6.53. The molecule has 1 saturated heterocycles. The summed E-state index contributed by atoms with van der Waals surface area (Å²) in [5.74, 6) is 0.518. The fourth-order valence-corrected chi connectivity index (χ4v) is 5.79. The van der Waals surface area contributed by atoms with E-state index < -0.39 is 5.97 Å². The Kier molecular flexibility index (Phi) is 7.56. The van der Waals surface area contributed by atoms with E-state index in [9.17, 15) is 9.90 Å². The summed E-state index contributed by atoms with van der Waals surface area (Å²) in [5, 5.41) is 18.2. The van der Waals surface area contributed by atoms with Crippen molar-refractivity contribution < 1.29 is 14.6 Å². The van der Waals surface area contributed by atoms with Gasteiger partial charge in [0, 0.05) is 28.8 Å². The number of benzene rings is 2. The molecule has 1 aliphatic carbocycles. The molecule has 0 spiro atoms. The lowest BCUT2D eigenvalue weighted by molar-refractivity contribution is -0.143. The number of piperidine rings is 1. The van der Waals surface area contributed by atoms with Gasteiger partial charge in [0.15, 0.2) is 0 Å². The average Bonchev–Trinajstić information content (AvgIpc) is 3.37. The standard InChI is InChI=1S/C28H31Cl2N3O3/c1-17(14-29)27(20-4-7-25-22(12-20)15-31-32-25)36-23-5-6-24-19(13-23)2-3-21(26(24)30)16-33-10-8-18(9-11-33)28(34)35/h4-7,12-13,15,17-18,27H,2-3,8-11,14,16H2,1H3,(H,31,32)(H,34,35). The Hall–Kier alpha value is -2.54.